The lowest BCUT2D eigenvalue weighted by Crippen LogP contribution is -2.13. The van der Waals surface area contributed by atoms with E-state index in [1.807, 2.05) is 6.92 Å². The average molecular weight is 230 g/mol. The van der Waals surface area contributed by atoms with Gasteiger partial charge in [0.15, 0.2) is 0 Å². The van der Waals surface area contributed by atoms with Crippen LogP contribution in [0, 0.1) is 0 Å². The molecular formula is C11H18O5. The van der Waals surface area contributed by atoms with Crippen molar-refractivity contribution in [3.8, 4) is 0 Å². The number of hydrogen-bond acceptors (Lipinski definition) is 5. The molecule has 0 aromatic carbocycles. The Bertz CT molecular complexity index is 247. The Morgan fingerprint density at radius 1 is 1.12 bits per heavy atom. The van der Waals surface area contributed by atoms with E-state index in [1.165, 1.54) is 7.11 Å². The van der Waals surface area contributed by atoms with Crippen LogP contribution in [0.15, 0.2) is 12.2 Å². The molecule has 0 aliphatic rings. The molecule has 16 heavy (non-hydrogen) atoms. The second-order valence-electron chi connectivity index (χ2n) is 3.31. The van der Waals surface area contributed by atoms with Crippen LogP contribution in [0.4, 0.5) is 0 Å². The molecule has 0 spiro atoms. The maximum atomic E-state index is 11.1. The molecule has 5 heteroatoms. The molecule has 0 fully saturated rings. The van der Waals surface area contributed by atoms with Crippen molar-refractivity contribution in [2.45, 2.75) is 19.8 Å². The summed E-state index contributed by atoms with van der Waals surface area (Å²) in [6, 6.07) is 0. The van der Waals surface area contributed by atoms with Crippen LogP contribution in [0.2, 0.25) is 0 Å². The van der Waals surface area contributed by atoms with Gasteiger partial charge in [-0.05, 0) is 6.92 Å². The van der Waals surface area contributed by atoms with Gasteiger partial charge < -0.3 is 14.2 Å². The molecule has 0 radical (unpaired) electrons. The fourth-order valence-corrected chi connectivity index (χ4v) is 0.839. The molecule has 0 unspecified atom stereocenters. The zero-order valence-electron chi connectivity index (χ0n) is 9.78. The first-order valence-corrected chi connectivity index (χ1v) is 5.00. The highest BCUT2D eigenvalue weighted by atomic mass is 16.6. The third-order valence-electron chi connectivity index (χ3n) is 1.60. The zero-order valence-corrected chi connectivity index (χ0v) is 9.78. The zero-order chi connectivity index (χ0) is 12.4. The lowest BCUT2D eigenvalue weighted by Gasteiger charge is -2.05. The van der Waals surface area contributed by atoms with Crippen LogP contribution in [0.25, 0.3) is 0 Å². The third kappa shape index (κ3) is 9.21. The molecule has 0 rings (SSSR count). The van der Waals surface area contributed by atoms with Crippen molar-refractivity contribution in [3.05, 3.63) is 12.2 Å². The van der Waals surface area contributed by atoms with Crippen LogP contribution in [0.3, 0.4) is 0 Å². The van der Waals surface area contributed by atoms with Gasteiger partial charge in [0.2, 0.25) is 0 Å². The Labute approximate surface area is 95.4 Å². The summed E-state index contributed by atoms with van der Waals surface area (Å²) in [7, 11) is 1.28. The van der Waals surface area contributed by atoms with Crippen molar-refractivity contribution >= 4 is 11.9 Å². The minimum absolute atomic E-state index is 0.0349. The molecule has 0 aromatic heterocycles. The largest absolute Gasteiger partial charge is 0.469 e. The van der Waals surface area contributed by atoms with E-state index in [0.29, 0.717) is 13.2 Å². The van der Waals surface area contributed by atoms with Crippen molar-refractivity contribution in [3.63, 3.8) is 0 Å². The summed E-state index contributed by atoms with van der Waals surface area (Å²) < 4.78 is 14.3. The second kappa shape index (κ2) is 8.91. The van der Waals surface area contributed by atoms with Gasteiger partial charge in [-0.3, -0.25) is 9.59 Å². The van der Waals surface area contributed by atoms with Gasteiger partial charge in [-0.2, -0.15) is 0 Å². The fourth-order valence-electron chi connectivity index (χ4n) is 0.839. The minimum atomic E-state index is -0.427. The molecule has 0 saturated carbocycles. The lowest BCUT2D eigenvalue weighted by atomic mass is 10.3. The summed E-state index contributed by atoms with van der Waals surface area (Å²) >= 11 is 0. The van der Waals surface area contributed by atoms with E-state index in [0.717, 1.165) is 5.57 Å². The van der Waals surface area contributed by atoms with E-state index in [4.69, 9.17) is 9.47 Å². The molecule has 0 saturated heterocycles. The normalized spacial score (nSPS) is 9.62. The Morgan fingerprint density at radius 3 is 2.31 bits per heavy atom. The molecule has 0 heterocycles. The van der Waals surface area contributed by atoms with Crippen LogP contribution in [0.1, 0.15) is 19.8 Å². The van der Waals surface area contributed by atoms with Crippen LogP contribution in [-0.2, 0) is 23.8 Å². The van der Waals surface area contributed by atoms with Crippen LogP contribution < -0.4 is 0 Å². The van der Waals surface area contributed by atoms with Crippen molar-refractivity contribution < 1.29 is 23.8 Å². The van der Waals surface area contributed by atoms with Gasteiger partial charge in [0, 0.05) is 0 Å². The molecule has 0 atom stereocenters. The van der Waals surface area contributed by atoms with Gasteiger partial charge in [0.25, 0.3) is 0 Å². The molecule has 0 N–H and O–H groups in total. The van der Waals surface area contributed by atoms with Crippen molar-refractivity contribution in [2.24, 2.45) is 0 Å². The Hall–Kier alpha value is -1.36. The van der Waals surface area contributed by atoms with Gasteiger partial charge in [-0.25, -0.2) is 0 Å². The highest BCUT2D eigenvalue weighted by molar-refractivity contribution is 5.77. The quantitative estimate of drug-likeness (QED) is 0.354. The summed E-state index contributed by atoms with van der Waals surface area (Å²) in [5.41, 5.74) is 0.914. The molecule has 0 aromatic rings. The summed E-state index contributed by atoms with van der Waals surface area (Å²) in [6.07, 6.45) is 0.0785. The number of hydrogen-bond donors (Lipinski definition) is 0. The predicted octanol–water partition coefficient (Wildman–Crippen LogP) is 1.08. The molecule has 0 aliphatic heterocycles. The second-order valence-corrected chi connectivity index (χ2v) is 3.31. The number of esters is 2. The van der Waals surface area contributed by atoms with E-state index in [1.54, 1.807) is 0 Å². The van der Waals surface area contributed by atoms with Gasteiger partial charge >= 0.3 is 11.9 Å². The Morgan fingerprint density at radius 2 is 1.75 bits per heavy atom. The van der Waals surface area contributed by atoms with Gasteiger partial charge in [-0.15, -0.1) is 0 Å². The van der Waals surface area contributed by atoms with E-state index < -0.39 is 11.9 Å². The fraction of sp³-hybridized carbons (Fsp3) is 0.636. The maximum absolute atomic E-state index is 11.1. The van der Waals surface area contributed by atoms with Crippen molar-refractivity contribution in [2.75, 3.05) is 26.9 Å². The van der Waals surface area contributed by atoms with E-state index >= 15 is 0 Å². The monoisotopic (exact) mass is 230 g/mol. The summed E-state index contributed by atoms with van der Waals surface area (Å²) in [5, 5.41) is 0. The lowest BCUT2D eigenvalue weighted by molar-refractivity contribution is -0.149. The summed E-state index contributed by atoms with van der Waals surface area (Å²) in [4.78, 5) is 21.8. The summed E-state index contributed by atoms with van der Waals surface area (Å²) in [5.74, 6) is -0.847. The highest BCUT2D eigenvalue weighted by Crippen LogP contribution is 1.95. The van der Waals surface area contributed by atoms with Crippen LogP contribution in [0.5, 0.6) is 0 Å². The standard InChI is InChI=1S/C11H18O5/c1-9(2)8-15-6-7-16-11(13)5-4-10(12)14-3/h1,4-8H2,2-3H3. The molecular weight excluding hydrogens is 212 g/mol. The number of carbonyl (C=O) groups excluding carboxylic acids is 2. The molecule has 92 valence electrons. The van der Waals surface area contributed by atoms with Gasteiger partial charge in [0.1, 0.15) is 6.61 Å². The Balaban J connectivity index is 3.37. The molecule has 5 nitrogen and oxygen atoms in total. The van der Waals surface area contributed by atoms with E-state index in [-0.39, 0.29) is 19.4 Å². The number of rotatable bonds is 8. The van der Waals surface area contributed by atoms with Gasteiger partial charge in [-0.1, -0.05) is 12.2 Å². The number of ether oxygens (including phenoxy) is 3. The molecule has 0 aliphatic carbocycles. The average Bonchev–Trinajstić information content (AvgIpc) is 2.24. The topological polar surface area (TPSA) is 61.8 Å². The van der Waals surface area contributed by atoms with Crippen LogP contribution >= 0.6 is 0 Å². The van der Waals surface area contributed by atoms with Crippen molar-refractivity contribution in [1.82, 2.24) is 0 Å². The Kier molecular flexibility index (Phi) is 8.15. The first-order valence-electron chi connectivity index (χ1n) is 5.00. The third-order valence-corrected chi connectivity index (χ3v) is 1.60. The number of methoxy groups -OCH3 is 1. The first-order chi connectivity index (χ1) is 7.56. The summed E-state index contributed by atoms with van der Waals surface area (Å²) in [6.45, 7) is 6.49. The first kappa shape index (κ1) is 14.6. The SMILES string of the molecule is C=C(C)COCCOC(=O)CCC(=O)OC. The smallest absolute Gasteiger partial charge is 0.306 e. The minimum Gasteiger partial charge on any atom is -0.469 e. The highest BCUT2D eigenvalue weighted by Gasteiger charge is 2.07. The molecule has 0 bridgehead atoms. The maximum Gasteiger partial charge on any atom is 0.306 e. The van der Waals surface area contributed by atoms with E-state index in [9.17, 15) is 9.59 Å². The van der Waals surface area contributed by atoms with E-state index in [2.05, 4.69) is 11.3 Å². The molecule has 0 amide bonds. The van der Waals surface area contributed by atoms with Crippen molar-refractivity contribution in [1.29, 1.82) is 0 Å². The van der Waals surface area contributed by atoms with Crippen LogP contribution in [-0.4, -0.2) is 38.9 Å². The van der Waals surface area contributed by atoms with Gasteiger partial charge in [0.05, 0.1) is 33.2 Å². The number of carbonyl (C=O) groups is 2. The predicted molar refractivity (Wildman–Crippen MR) is 57.8 cm³/mol.